The molecule has 1 heterocycles. The van der Waals surface area contributed by atoms with Gasteiger partial charge in [0.1, 0.15) is 5.69 Å². The molecule has 0 aliphatic carbocycles. The summed E-state index contributed by atoms with van der Waals surface area (Å²) in [4.78, 5) is 0. The molecule has 23 heavy (non-hydrogen) atoms. The lowest BCUT2D eigenvalue weighted by Gasteiger charge is -2.09. The Balaban J connectivity index is 2.03. The number of hydrogen-bond acceptors (Lipinski definition) is 5. The lowest BCUT2D eigenvalue weighted by atomic mass is 10.1. The Labute approximate surface area is 138 Å². The maximum atomic E-state index is 6.20. The molecule has 0 aliphatic heterocycles. The van der Waals surface area contributed by atoms with Gasteiger partial charge in [-0.25, -0.2) is 0 Å². The Hall–Kier alpha value is -2.73. The minimum absolute atomic E-state index is 0.430. The van der Waals surface area contributed by atoms with Gasteiger partial charge in [-0.15, -0.1) is 5.10 Å². The molecule has 2 N–H and O–H groups in total. The first kappa shape index (κ1) is 15.2. The van der Waals surface area contributed by atoms with Crippen LogP contribution in [0.5, 0.6) is 11.5 Å². The zero-order chi connectivity index (χ0) is 16.4. The third-order valence-corrected chi connectivity index (χ3v) is 3.69. The van der Waals surface area contributed by atoms with Crippen molar-refractivity contribution in [2.75, 3.05) is 20.0 Å². The van der Waals surface area contributed by atoms with Crippen LogP contribution in [0, 0.1) is 0 Å². The van der Waals surface area contributed by atoms with Crippen molar-refractivity contribution in [2.45, 2.75) is 0 Å². The average Bonchev–Trinajstić information content (AvgIpc) is 2.96. The van der Waals surface area contributed by atoms with Gasteiger partial charge < -0.3 is 15.2 Å². The van der Waals surface area contributed by atoms with Crippen LogP contribution in [0.25, 0.3) is 16.9 Å². The van der Waals surface area contributed by atoms with Crippen LogP contribution in [-0.4, -0.2) is 29.2 Å². The second-order valence-corrected chi connectivity index (χ2v) is 5.22. The van der Waals surface area contributed by atoms with Crippen LogP contribution in [0.2, 0.25) is 5.02 Å². The normalized spacial score (nSPS) is 10.6. The second kappa shape index (κ2) is 6.18. The molecular formula is C16H15ClN4O2. The van der Waals surface area contributed by atoms with Gasteiger partial charge in [-0.05, 0) is 42.5 Å². The summed E-state index contributed by atoms with van der Waals surface area (Å²) in [5.74, 6) is 1.67. The molecule has 0 saturated heterocycles. The minimum atomic E-state index is 0.430. The Morgan fingerprint density at radius 2 is 1.70 bits per heavy atom. The number of halogens is 1. The summed E-state index contributed by atoms with van der Waals surface area (Å²) < 4.78 is 12.1. The molecule has 0 spiro atoms. The first-order valence-electron chi connectivity index (χ1n) is 6.83. The van der Waals surface area contributed by atoms with Gasteiger partial charge in [-0.3, -0.25) is 0 Å². The predicted molar refractivity (Wildman–Crippen MR) is 89.3 cm³/mol. The van der Waals surface area contributed by atoms with E-state index in [1.165, 1.54) is 0 Å². The van der Waals surface area contributed by atoms with Crippen molar-refractivity contribution in [3.63, 3.8) is 0 Å². The highest BCUT2D eigenvalue weighted by atomic mass is 35.5. The van der Waals surface area contributed by atoms with E-state index < -0.39 is 0 Å². The smallest absolute Gasteiger partial charge is 0.161 e. The first-order chi connectivity index (χ1) is 11.1. The standard InChI is InChI=1S/C16H15ClN4O2/c1-22-13-8-3-10(9-14(13)23-2)15-16(18)21(20-19-15)12-6-4-11(17)5-7-12/h3-9H,18H2,1-2H3. The van der Waals surface area contributed by atoms with Gasteiger partial charge in [0.2, 0.25) is 0 Å². The van der Waals surface area contributed by atoms with E-state index in [-0.39, 0.29) is 0 Å². The van der Waals surface area contributed by atoms with E-state index in [2.05, 4.69) is 10.3 Å². The molecule has 2 aromatic carbocycles. The number of benzene rings is 2. The molecule has 0 atom stereocenters. The monoisotopic (exact) mass is 330 g/mol. The number of aromatic nitrogens is 3. The molecule has 0 bridgehead atoms. The van der Waals surface area contributed by atoms with Crippen LogP contribution in [0.15, 0.2) is 42.5 Å². The molecule has 3 aromatic rings. The molecule has 118 valence electrons. The number of methoxy groups -OCH3 is 2. The molecule has 0 radical (unpaired) electrons. The number of nitrogens with zero attached hydrogens (tertiary/aromatic N) is 3. The quantitative estimate of drug-likeness (QED) is 0.795. The topological polar surface area (TPSA) is 75.2 Å². The van der Waals surface area contributed by atoms with E-state index in [0.29, 0.717) is 28.0 Å². The van der Waals surface area contributed by atoms with Crippen molar-refractivity contribution >= 4 is 17.4 Å². The summed E-state index contributed by atoms with van der Waals surface area (Å²) in [5.41, 5.74) is 8.35. The number of nitrogen functional groups attached to an aromatic ring is 1. The third-order valence-electron chi connectivity index (χ3n) is 3.43. The number of ether oxygens (including phenoxy) is 2. The van der Waals surface area contributed by atoms with Crippen LogP contribution in [-0.2, 0) is 0 Å². The highest BCUT2D eigenvalue weighted by Gasteiger charge is 2.15. The van der Waals surface area contributed by atoms with Crippen molar-refractivity contribution in [1.82, 2.24) is 15.0 Å². The van der Waals surface area contributed by atoms with E-state index in [1.54, 1.807) is 37.1 Å². The van der Waals surface area contributed by atoms with Gasteiger partial charge >= 0.3 is 0 Å². The zero-order valence-corrected chi connectivity index (χ0v) is 13.4. The zero-order valence-electron chi connectivity index (χ0n) is 12.7. The SMILES string of the molecule is COc1ccc(-c2nnn(-c3ccc(Cl)cc3)c2N)cc1OC. The highest BCUT2D eigenvalue weighted by molar-refractivity contribution is 6.30. The van der Waals surface area contributed by atoms with Crippen LogP contribution in [0.3, 0.4) is 0 Å². The number of nitrogens with two attached hydrogens (primary N) is 1. The van der Waals surface area contributed by atoms with Crippen LogP contribution >= 0.6 is 11.6 Å². The van der Waals surface area contributed by atoms with Crippen LogP contribution in [0.4, 0.5) is 5.82 Å². The minimum Gasteiger partial charge on any atom is -0.493 e. The van der Waals surface area contributed by atoms with Gasteiger partial charge in [-0.1, -0.05) is 16.8 Å². The fourth-order valence-corrected chi connectivity index (χ4v) is 2.38. The van der Waals surface area contributed by atoms with Crippen molar-refractivity contribution in [2.24, 2.45) is 0 Å². The van der Waals surface area contributed by atoms with Crippen LogP contribution in [0.1, 0.15) is 0 Å². The van der Waals surface area contributed by atoms with Crippen molar-refractivity contribution < 1.29 is 9.47 Å². The van der Waals surface area contributed by atoms with Gasteiger partial charge in [0.05, 0.1) is 19.9 Å². The summed E-state index contributed by atoms with van der Waals surface area (Å²) in [6, 6.07) is 12.7. The highest BCUT2D eigenvalue weighted by Crippen LogP contribution is 2.33. The Morgan fingerprint density at radius 1 is 1.00 bits per heavy atom. The van der Waals surface area contributed by atoms with E-state index in [1.807, 2.05) is 24.3 Å². The molecular weight excluding hydrogens is 316 g/mol. The lowest BCUT2D eigenvalue weighted by molar-refractivity contribution is 0.355. The Morgan fingerprint density at radius 3 is 2.35 bits per heavy atom. The van der Waals surface area contributed by atoms with E-state index in [4.69, 9.17) is 26.8 Å². The Kier molecular flexibility index (Phi) is 4.08. The lowest BCUT2D eigenvalue weighted by Crippen LogP contribution is -2.02. The van der Waals surface area contributed by atoms with E-state index in [9.17, 15) is 0 Å². The fourth-order valence-electron chi connectivity index (χ4n) is 2.25. The van der Waals surface area contributed by atoms with Crippen LogP contribution < -0.4 is 15.2 Å². The van der Waals surface area contributed by atoms with Crippen molar-refractivity contribution in [3.8, 4) is 28.4 Å². The maximum Gasteiger partial charge on any atom is 0.161 e. The molecule has 0 unspecified atom stereocenters. The number of hydrogen-bond donors (Lipinski definition) is 1. The molecule has 0 amide bonds. The molecule has 7 heteroatoms. The summed E-state index contributed by atoms with van der Waals surface area (Å²) in [6.07, 6.45) is 0. The first-order valence-corrected chi connectivity index (χ1v) is 7.21. The summed E-state index contributed by atoms with van der Waals surface area (Å²) in [6.45, 7) is 0. The van der Waals surface area contributed by atoms with Crippen molar-refractivity contribution in [1.29, 1.82) is 0 Å². The molecule has 3 rings (SSSR count). The third kappa shape index (κ3) is 2.80. The summed E-state index contributed by atoms with van der Waals surface area (Å²) >= 11 is 5.90. The summed E-state index contributed by atoms with van der Waals surface area (Å²) in [7, 11) is 3.16. The predicted octanol–water partition coefficient (Wildman–Crippen LogP) is 3.19. The van der Waals surface area contributed by atoms with E-state index in [0.717, 1.165) is 11.3 Å². The number of rotatable bonds is 4. The molecule has 0 aliphatic rings. The average molecular weight is 331 g/mol. The largest absolute Gasteiger partial charge is 0.493 e. The fraction of sp³-hybridized carbons (Fsp3) is 0.125. The summed E-state index contributed by atoms with van der Waals surface area (Å²) in [5, 5.41) is 8.94. The maximum absolute atomic E-state index is 6.20. The Bertz CT molecular complexity index is 831. The van der Waals surface area contributed by atoms with E-state index >= 15 is 0 Å². The van der Waals surface area contributed by atoms with Gasteiger partial charge in [-0.2, -0.15) is 4.68 Å². The molecule has 0 fully saturated rings. The molecule has 0 saturated carbocycles. The van der Waals surface area contributed by atoms with Gasteiger partial charge in [0.25, 0.3) is 0 Å². The number of anilines is 1. The van der Waals surface area contributed by atoms with Gasteiger partial charge in [0, 0.05) is 10.6 Å². The van der Waals surface area contributed by atoms with Crippen molar-refractivity contribution in [3.05, 3.63) is 47.5 Å². The molecule has 6 nitrogen and oxygen atoms in total. The van der Waals surface area contributed by atoms with Gasteiger partial charge in [0.15, 0.2) is 17.3 Å². The molecule has 1 aromatic heterocycles. The second-order valence-electron chi connectivity index (χ2n) is 4.78.